The van der Waals surface area contributed by atoms with Crippen molar-refractivity contribution in [2.45, 2.75) is 16.8 Å². The van der Waals surface area contributed by atoms with Crippen LogP contribution in [0.25, 0.3) is 11.5 Å². The first-order valence-electron chi connectivity index (χ1n) is 9.56. The maximum Gasteiger partial charge on any atom is 0.236 e. The number of ether oxygens (including phenoxy) is 2. The van der Waals surface area contributed by atoms with Gasteiger partial charge in [0.1, 0.15) is 11.6 Å². The van der Waals surface area contributed by atoms with Crippen LogP contribution in [-0.4, -0.2) is 46.3 Å². The van der Waals surface area contributed by atoms with Crippen molar-refractivity contribution in [3.8, 4) is 17.2 Å². The summed E-state index contributed by atoms with van der Waals surface area (Å²) in [5, 5.41) is -0.195. The minimum Gasteiger partial charge on any atom is -0.494 e. The van der Waals surface area contributed by atoms with Crippen molar-refractivity contribution in [3.05, 3.63) is 54.3 Å². The summed E-state index contributed by atoms with van der Waals surface area (Å²) in [6, 6.07) is 11.7. The van der Waals surface area contributed by atoms with Crippen LogP contribution in [0.1, 0.15) is 6.92 Å². The second-order valence-corrected chi connectivity index (χ2v) is 8.51. The summed E-state index contributed by atoms with van der Waals surface area (Å²) in [5.41, 5.74) is 0.619. The van der Waals surface area contributed by atoms with Crippen molar-refractivity contribution < 1.29 is 26.7 Å². The number of hydrogen-bond acceptors (Lipinski definition) is 7. The summed E-state index contributed by atoms with van der Waals surface area (Å²) in [4.78, 5) is 6.08. The zero-order valence-electron chi connectivity index (χ0n) is 16.4. The highest BCUT2D eigenvalue weighted by Crippen LogP contribution is 2.35. The molecular formula is C21H21FN2O5S. The van der Waals surface area contributed by atoms with E-state index in [0.29, 0.717) is 44.2 Å². The Morgan fingerprint density at radius 1 is 1.07 bits per heavy atom. The van der Waals surface area contributed by atoms with Crippen LogP contribution in [0, 0.1) is 5.82 Å². The highest BCUT2D eigenvalue weighted by Gasteiger charge is 2.32. The number of oxazole rings is 1. The van der Waals surface area contributed by atoms with E-state index < -0.39 is 15.7 Å². The fourth-order valence-corrected chi connectivity index (χ4v) is 4.47. The fraction of sp³-hybridized carbons (Fsp3) is 0.286. The Labute approximate surface area is 174 Å². The molecule has 0 bridgehead atoms. The van der Waals surface area contributed by atoms with Gasteiger partial charge in [-0.25, -0.2) is 12.8 Å². The van der Waals surface area contributed by atoms with Crippen molar-refractivity contribution in [1.29, 1.82) is 0 Å². The normalized spacial score (nSPS) is 14.7. The third kappa shape index (κ3) is 4.03. The number of morpholine rings is 1. The molecule has 1 saturated heterocycles. The van der Waals surface area contributed by atoms with Crippen LogP contribution in [0.15, 0.2) is 62.9 Å². The summed E-state index contributed by atoms with van der Waals surface area (Å²) >= 11 is 0. The standard InChI is InChI=1S/C21H21FN2O5S/c1-2-28-17-7-3-15(4-8-17)19-23-20(21(29-19)24-11-13-27-14-12-24)30(25,26)18-9-5-16(22)6-10-18/h3-10H,2,11-14H2,1H3. The van der Waals surface area contributed by atoms with Gasteiger partial charge < -0.3 is 18.8 Å². The number of benzene rings is 2. The van der Waals surface area contributed by atoms with Crippen molar-refractivity contribution in [2.75, 3.05) is 37.8 Å². The lowest BCUT2D eigenvalue weighted by molar-refractivity contribution is 0.120. The van der Waals surface area contributed by atoms with Crippen LogP contribution in [0.2, 0.25) is 0 Å². The molecular weight excluding hydrogens is 411 g/mol. The minimum absolute atomic E-state index is 0.0510. The third-order valence-corrected chi connectivity index (χ3v) is 6.34. The number of halogens is 1. The molecule has 0 atom stereocenters. The predicted molar refractivity (Wildman–Crippen MR) is 108 cm³/mol. The second-order valence-electron chi connectivity index (χ2n) is 6.64. The fourth-order valence-electron chi connectivity index (χ4n) is 3.15. The molecule has 0 aliphatic carbocycles. The number of hydrogen-bond donors (Lipinski definition) is 0. The maximum atomic E-state index is 13.3. The molecule has 2 heterocycles. The molecule has 158 valence electrons. The van der Waals surface area contributed by atoms with Gasteiger partial charge >= 0.3 is 0 Å². The van der Waals surface area contributed by atoms with Gasteiger partial charge in [0.15, 0.2) is 0 Å². The third-order valence-electron chi connectivity index (χ3n) is 4.67. The molecule has 0 amide bonds. The molecule has 0 radical (unpaired) electrons. The van der Waals surface area contributed by atoms with Crippen LogP contribution in [0.5, 0.6) is 5.75 Å². The minimum atomic E-state index is -4.02. The number of sulfone groups is 1. The summed E-state index contributed by atoms with van der Waals surface area (Å²) in [5.74, 6) is 0.518. The Kier molecular flexibility index (Phi) is 5.74. The molecule has 1 aliphatic heterocycles. The molecule has 0 N–H and O–H groups in total. The Morgan fingerprint density at radius 2 is 1.73 bits per heavy atom. The van der Waals surface area contributed by atoms with Gasteiger partial charge in [0.05, 0.1) is 24.7 Å². The van der Waals surface area contributed by atoms with Gasteiger partial charge in [0.25, 0.3) is 0 Å². The molecule has 4 rings (SSSR count). The van der Waals surface area contributed by atoms with Crippen molar-refractivity contribution in [3.63, 3.8) is 0 Å². The number of aromatic nitrogens is 1. The van der Waals surface area contributed by atoms with Crippen molar-refractivity contribution >= 4 is 15.7 Å². The molecule has 1 aromatic heterocycles. The molecule has 9 heteroatoms. The lowest BCUT2D eigenvalue weighted by Gasteiger charge is -2.26. The average molecular weight is 432 g/mol. The first-order chi connectivity index (χ1) is 14.5. The van der Waals surface area contributed by atoms with Gasteiger partial charge in [-0.3, -0.25) is 0 Å². The van der Waals surface area contributed by atoms with Gasteiger partial charge in [-0.15, -0.1) is 0 Å². The molecule has 1 aliphatic rings. The van der Waals surface area contributed by atoms with Crippen LogP contribution < -0.4 is 9.64 Å². The van der Waals surface area contributed by atoms with E-state index in [1.165, 1.54) is 12.1 Å². The van der Waals surface area contributed by atoms with E-state index in [2.05, 4.69) is 4.98 Å². The zero-order chi connectivity index (χ0) is 21.1. The molecule has 0 unspecified atom stereocenters. The van der Waals surface area contributed by atoms with E-state index in [-0.39, 0.29) is 21.7 Å². The summed E-state index contributed by atoms with van der Waals surface area (Å²) in [6.45, 7) is 4.29. The van der Waals surface area contributed by atoms with E-state index in [9.17, 15) is 12.8 Å². The molecule has 0 saturated carbocycles. The number of rotatable bonds is 6. The highest BCUT2D eigenvalue weighted by molar-refractivity contribution is 7.91. The quantitative estimate of drug-likeness (QED) is 0.551. The Morgan fingerprint density at radius 3 is 2.37 bits per heavy atom. The largest absolute Gasteiger partial charge is 0.494 e. The Hall–Kier alpha value is -2.91. The summed E-state index contributed by atoms with van der Waals surface area (Å²) in [6.07, 6.45) is 0. The van der Waals surface area contributed by atoms with Crippen molar-refractivity contribution in [1.82, 2.24) is 4.98 Å². The maximum absolute atomic E-state index is 13.3. The zero-order valence-corrected chi connectivity index (χ0v) is 17.2. The smallest absolute Gasteiger partial charge is 0.236 e. The van der Waals surface area contributed by atoms with Crippen molar-refractivity contribution in [2.24, 2.45) is 0 Å². The van der Waals surface area contributed by atoms with E-state index in [4.69, 9.17) is 13.9 Å². The molecule has 0 spiro atoms. The number of nitrogens with zero attached hydrogens (tertiary/aromatic N) is 2. The lowest BCUT2D eigenvalue weighted by atomic mass is 10.2. The van der Waals surface area contributed by atoms with Gasteiger partial charge in [-0.05, 0) is 55.5 Å². The average Bonchev–Trinajstić information content (AvgIpc) is 3.22. The van der Waals surface area contributed by atoms with E-state index in [1.54, 1.807) is 29.2 Å². The van der Waals surface area contributed by atoms with E-state index in [0.717, 1.165) is 12.1 Å². The van der Waals surface area contributed by atoms with E-state index >= 15 is 0 Å². The monoisotopic (exact) mass is 432 g/mol. The van der Waals surface area contributed by atoms with Crippen LogP contribution in [-0.2, 0) is 14.6 Å². The molecule has 30 heavy (non-hydrogen) atoms. The molecule has 7 nitrogen and oxygen atoms in total. The number of anilines is 1. The first-order valence-corrected chi connectivity index (χ1v) is 11.0. The Bertz CT molecular complexity index is 1110. The summed E-state index contributed by atoms with van der Waals surface area (Å²) in [7, 11) is -4.02. The van der Waals surface area contributed by atoms with E-state index in [1.807, 2.05) is 6.92 Å². The first kappa shape index (κ1) is 20.4. The SMILES string of the molecule is CCOc1ccc(-c2nc(S(=O)(=O)c3ccc(F)cc3)c(N3CCOCC3)o2)cc1. The lowest BCUT2D eigenvalue weighted by Crippen LogP contribution is -2.36. The summed E-state index contributed by atoms with van der Waals surface area (Å²) < 4.78 is 56.6. The van der Waals surface area contributed by atoms with Gasteiger partial charge in [-0.2, -0.15) is 4.98 Å². The van der Waals surface area contributed by atoms with Crippen LogP contribution >= 0.6 is 0 Å². The van der Waals surface area contributed by atoms with Crippen LogP contribution in [0.4, 0.5) is 10.3 Å². The Balaban J connectivity index is 1.78. The highest BCUT2D eigenvalue weighted by atomic mass is 32.2. The second kappa shape index (κ2) is 8.45. The van der Waals surface area contributed by atoms with Gasteiger partial charge in [-0.1, -0.05) is 0 Å². The van der Waals surface area contributed by atoms with Crippen LogP contribution in [0.3, 0.4) is 0 Å². The topological polar surface area (TPSA) is 81.9 Å². The van der Waals surface area contributed by atoms with Gasteiger partial charge in [0.2, 0.25) is 26.6 Å². The molecule has 2 aromatic carbocycles. The van der Waals surface area contributed by atoms with Gasteiger partial charge in [0, 0.05) is 18.7 Å². The molecule has 1 fully saturated rings. The molecule has 3 aromatic rings. The predicted octanol–water partition coefficient (Wildman–Crippen LogP) is 3.55.